The van der Waals surface area contributed by atoms with E-state index in [1.807, 2.05) is 12.1 Å². The van der Waals surface area contributed by atoms with Crippen LogP contribution in [0.15, 0.2) is 65.6 Å². The summed E-state index contributed by atoms with van der Waals surface area (Å²) in [5, 5.41) is 4.11. The molecule has 0 bridgehead atoms. The van der Waals surface area contributed by atoms with E-state index in [0.717, 1.165) is 9.69 Å². The predicted octanol–water partition coefficient (Wildman–Crippen LogP) is 3.55. The van der Waals surface area contributed by atoms with Gasteiger partial charge in [-0.05, 0) is 49.6 Å². The molecule has 1 heterocycles. The molecular weight excluding hydrogens is 404 g/mol. The molecule has 0 unspecified atom stereocenters. The molecule has 0 radical (unpaired) electrons. The lowest BCUT2D eigenvalue weighted by Crippen LogP contribution is -2.44. The highest BCUT2D eigenvalue weighted by Gasteiger charge is 2.40. The molecule has 1 amide bonds. The number of carbonyl (C=O) groups excluding carboxylic acids is 2. The van der Waals surface area contributed by atoms with Gasteiger partial charge in [0.25, 0.3) is 10.0 Å². The molecule has 30 heavy (non-hydrogen) atoms. The van der Waals surface area contributed by atoms with Gasteiger partial charge < -0.3 is 10.1 Å². The lowest BCUT2D eigenvalue weighted by Gasteiger charge is -2.25. The van der Waals surface area contributed by atoms with Crippen molar-refractivity contribution in [2.75, 3.05) is 16.2 Å². The van der Waals surface area contributed by atoms with Gasteiger partial charge in [0, 0.05) is 11.1 Å². The number of hydrogen-bond acceptors (Lipinski definition) is 5. The van der Waals surface area contributed by atoms with Crippen LogP contribution in [0.3, 0.4) is 0 Å². The Morgan fingerprint density at radius 2 is 1.77 bits per heavy atom. The second-order valence-corrected chi connectivity index (χ2v) is 8.68. The second-order valence-electron chi connectivity index (χ2n) is 6.90. The van der Waals surface area contributed by atoms with Crippen LogP contribution in [0, 0.1) is 0 Å². The minimum Gasteiger partial charge on any atom is -0.462 e. The van der Waals surface area contributed by atoms with Crippen LogP contribution in [0.1, 0.15) is 24.2 Å². The Morgan fingerprint density at radius 1 is 1.07 bits per heavy atom. The molecule has 0 fully saturated rings. The van der Waals surface area contributed by atoms with Gasteiger partial charge in [-0.3, -0.25) is 9.10 Å². The first-order valence-corrected chi connectivity index (χ1v) is 10.9. The van der Waals surface area contributed by atoms with Crippen molar-refractivity contribution in [1.29, 1.82) is 0 Å². The van der Waals surface area contributed by atoms with Crippen molar-refractivity contribution in [2.45, 2.75) is 24.8 Å². The molecular formula is C22H20N2O5S. The monoisotopic (exact) mass is 424 g/mol. The van der Waals surface area contributed by atoms with Crippen molar-refractivity contribution in [2.24, 2.45) is 0 Å². The number of hydrogen-bond donors (Lipinski definition) is 1. The summed E-state index contributed by atoms with van der Waals surface area (Å²) in [5.74, 6) is -1.00. The Hall–Kier alpha value is -3.39. The number of benzene rings is 3. The molecule has 0 aromatic heterocycles. The molecule has 1 N–H and O–H groups in total. The predicted molar refractivity (Wildman–Crippen MR) is 114 cm³/mol. The van der Waals surface area contributed by atoms with E-state index in [9.17, 15) is 18.0 Å². The first-order valence-electron chi connectivity index (χ1n) is 9.49. The third-order valence-electron chi connectivity index (χ3n) is 4.99. The van der Waals surface area contributed by atoms with Crippen molar-refractivity contribution in [3.63, 3.8) is 0 Å². The summed E-state index contributed by atoms with van der Waals surface area (Å²) >= 11 is 0. The Balaban J connectivity index is 1.64. The van der Waals surface area contributed by atoms with Crippen LogP contribution in [0.25, 0.3) is 10.8 Å². The summed E-state index contributed by atoms with van der Waals surface area (Å²) in [7, 11) is -3.87. The highest BCUT2D eigenvalue weighted by molar-refractivity contribution is 7.93. The van der Waals surface area contributed by atoms with E-state index in [4.69, 9.17) is 4.74 Å². The summed E-state index contributed by atoms with van der Waals surface area (Å²) < 4.78 is 32.4. The summed E-state index contributed by atoms with van der Waals surface area (Å²) in [4.78, 5) is 25.0. The van der Waals surface area contributed by atoms with E-state index in [1.165, 1.54) is 13.0 Å². The summed E-state index contributed by atoms with van der Waals surface area (Å²) in [6, 6.07) is 15.7. The Kier molecular flexibility index (Phi) is 4.95. The number of esters is 1. The molecule has 1 aliphatic heterocycles. The quantitative estimate of drug-likeness (QED) is 0.633. The average molecular weight is 424 g/mol. The van der Waals surface area contributed by atoms with Crippen LogP contribution in [-0.2, 0) is 19.6 Å². The number of rotatable bonds is 5. The van der Waals surface area contributed by atoms with Crippen molar-refractivity contribution < 1.29 is 22.7 Å². The maximum Gasteiger partial charge on any atom is 0.338 e. The van der Waals surface area contributed by atoms with Crippen molar-refractivity contribution in [1.82, 2.24) is 0 Å². The van der Waals surface area contributed by atoms with E-state index in [1.54, 1.807) is 49.4 Å². The van der Waals surface area contributed by atoms with E-state index in [-0.39, 0.29) is 11.5 Å². The zero-order chi connectivity index (χ0) is 21.5. The number of ether oxygens (including phenoxy) is 1. The molecule has 3 aromatic rings. The van der Waals surface area contributed by atoms with Crippen molar-refractivity contribution in [3.05, 3.63) is 66.2 Å². The molecule has 4 rings (SSSR count). The smallest absolute Gasteiger partial charge is 0.338 e. The third-order valence-corrected chi connectivity index (χ3v) is 6.92. The number of amides is 1. The number of nitrogens with one attached hydrogen (secondary N) is 1. The number of sulfonamides is 1. The average Bonchev–Trinajstić information content (AvgIpc) is 2.96. The van der Waals surface area contributed by atoms with Gasteiger partial charge in [0.1, 0.15) is 6.04 Å². The molecule has 0 saturated heterocycles. The zero-order valence-electron chi connectivity index (χ0n) is 16.5. The van der Waals surface area contributed by atoms with Crippen LogP contribution in [0.2, 0.25) is 0 Å². The Bertz CT molecular complexity index is 1260. The molecule has 7 nitrogen and oxygen atoms in total. The molecule has 0 spiro atoms. The van der Waals surface area contributed by atoms with Crippen molar-refractivity contribution >= 4 is 44.0 Å². The number of anilines is 2. The Labute approximate surface area is 174 Å². The highest BCUT2D eigenvalue weighted by atomic mass is 32.2. The minimum absolute atomic E-state index is 0.194. The van der Waals surface area contributed by atoms with Crippen LogP contribution in [0.5, 0.6) is 0 Å². The molecule has 1 atom stereocenters. The fourth-order valence-corrected chi connectivity index (χ4v) is 5.50. The first-order chi connectivity index (χ1) is 14.3. The first kappa shape index (κ1) is 19.9. The molecule has 0 saturated carbocycles. The van der Waals surface area contributed by atoms with E-state index in [2.05, 4.69) is 5.32 Å². The minimum atomic E-state index is -3.87. The summed E-state index contributed by atoms with van der Waals surface area (Å²) in [5.41, 5.74) is 1.16. The van der Waals surface area contributed by atoms with Gasteiger partial charge in [0.05, 0.1) is 22.8 Å². The van der Waals surface area contributed by atoms with Gasteiger partial charge in [-0.2, -0.15) is 0 Å². The van der Waals surface area contributed by atoms with Crippen LogP contribution in [-0.4, -0.2) is 32.9 Å². The van der Waals surface area contributed by atoms with Crippen LogP contribution in [0.4, 0.5) is 11.4 Å². The molecule has 3 aromatic carbocycles. The molecule has 154 valence electrons. The summed E-state index contributed by atoms with van der Waals surface area (Å²) in [6.07, 6.45) is 0. The van der Waals surface area contributed by atoms with Gasteiger partial charge in [-0.25, -0.2) is 13.2 Å². The van der Waals surface area contributed by atoms with E-state index in [0.29, 0.717) is 22.3 Å². The number of nitrogens with zero attached hydrogens (tertiary/aromatic N) is 1. The van der Waals surface area contributed by atoms with Gasteiger partial charge in [-0.1, -0.05) is 30.3 Å². The number of carbonyl (C=O) groups is 2. The lowest BCUT2D eigenvalue weighted by atomic mass is 10.1. The lowest BCUT2D eigenvalue weighted by molar-refractivity contribution is -0.116. The van der Waals surface area contributed by atoms with E-state index >= 15 is 0 Å². The molecule has 0 aliphatic carbocycles. The van der Waals surface area contributed by atoms with Crippen LogP contribution < -0.4 is 9.62 Å². The standard InChI is InChI=1S/C22H20N2O5S/c1-3-29-22(26)16-9-4-10-17(13-16)23-21(25)14(2)24-18-11-5-7-15-8-6-12-19(20(15)18)30(24,27)28/h4-14H,3H2,1-2H3,(H,23,25)/t14-/m1/s1. The second kappa shape index (κ2) is 7.46. The highest BCUT2D eigenvalue weighted by Crippen LogP contribution is 2.43. The molecule has 1 aliphatic rings. The van der Waals surface area contributed by atoms with E-state index < -0.39 is 27.9 Å². The van der Waals surface area contributed by atoms with Gasteiger partial charge >= 0.3 is 5.97 Å². The summed E-state index contributed by atoms with van der Waals surface area (Å²) in [6.45, 7) is 3.48. The maximum absolute atomic E-state index is 13.2. The third kappa shape index (κ3) is 3.19. The Morgan fingerprint density at radius 3 is 2.50 bits per heavy atom. The van der Waals surface area contributed by atoms with Crippen molar-refractivity contribution in [3.8, 4) is 0 Å². The fourth-order valence-electron chi connectivity index (χ4n) is 3.63. The van der Waals surface area contributed by atoms with Gasteiger partial charge in [-0.15, -0.1) is 0 Å². The van der Waals surface area contributed by atoms with Gasteiger partial charge in [0.15, 0.2) is 0 Å². The topological polar surface area (TPSA) is 92.8 Å². The SMILES string of the molecule is CCOC(=O)c1cccc(NC(=O)[C@@H](C)N2c3cccc4cccc(c34)S2(=O)=O)c1. The maximum atomic E-state index is 13.2. The molecule has 8 heteroatoms. The largest absolute Gasteiger partial charge is 0.462 e. The van der Waals surface area contributed by atoms with Crippen LogP contribution >= 0.6 is 0 Å². The zero-order valence-corrected chi connectivity index (χ0v) is 17.3. The fraction of sp³-hybridized carbons (Fsp3) is 0.182. The van der Waals surface area contributed by atoms with Gasteiger partial charge in [0.2, 0.25) is 5.91 Å². The normalized spacial score (nSPS) is 15.1.